The van der Waals surface area contributed by atoms with Crippen molar-refractivity contribution >= 4 is 5.69 Å². The Balaban J connectivity index is 1.72. The third-order valence-electron chi connectivity index (χ3n) is 4.43. The van der Waals surface area contributed by atoms with Crippen molar-refractivity contribution in [2.24, 2.45) is 5.92 Å². The molecule has 20 heavy (non-hydrogen) atoms. The molecule has 0 spiro atoms. The lowest BCUT2D eigenvalue weighted by Gasteiger charge is -2.34. The van der Waals surface area contributed by atoms with Crippen LogP contribution in [-0.4, -0.2) is 37.4 Å². The maximum absolute atomic E-state index is 9.03. The first-order valence-electron chi connectivity index (χ1n) is 7.97. The van der Waals surface area contributed by atoms with E-state index in [1.807, 2.05) is 0 Å². The second-order valence-electron chi connectivity index (χ2n) is 5.79. The monoisotopic (exact) mass is 276 g/mol. The molecule has 1 fully saturated rings. The number of hydrogen-bond donors (Lipinski definition) is 2. The SMILES string of the molecule is CCC(CCO)CNC1CCN(c2ccccc2)CC1. The summed E-state index contributed by atoms with van der Waals surface area (Å²) >= 11 is 0. The largest absolute Gasteiger partial charge is 0.396 e. The molecule has 3 heteroatoms. The van der Waals surface area contributed by atoms with Crippen LogP contribution in [0, 0.1) is 5.92 Å². The molecular weight excluding hydrogens is 248 g/mol. The molecule has 0 aliphatic carbocycles. The van der Waals surface area contributed by atoms with E-state index in [0.29, 0.717) is 18.6 Å². The average Bonchev–Trinajstić information content (AvgIpc) is 2.53. The van der Waals surface area contributed by atoms with Gasteiger partial charge in [0, 0.05) is 31.4 Å². The molecule has 1 aliphatic rings. The minimum absolute atomic E-state index is 0.312. The van der Waals surface area contributed by atoms with E-state index in [2.05, 4.69) is 47.5 Å². The molecule has 2 rings (SSSR count). The van der Waals surface area contributed by atoms with Gasteiger partial charge in [0.15, 0.2) is 0 Å². The molecule has 1 atom stereocenters. The van der Waals surface area contributed by atoms with Gasteiger partial charge in [-0.3, -0.25) is 0 Å². The fourth-order valence-electron chi connectivity index (χ4n) is 2.95. The van der Waals surface area contributed by atoms with Gasteiger partial charge < -0.3 is 15.3 Å². The van der Waals surface area contributed by atoms with E-state index in [4.69, 9.17) is 5.11 Å². The molecule has 1 unspecified atom stereocenters. The van der Waals surface area contributed by atoms with E-state index >= 15 is 0 Å². The maximum Gasteiger partial charge on any atom is 0.0434 e. The number of rotatable bonds is 7. The molecule has 1 aromatic rings. The van der Waals surface area contributed by atoms with Crippen LogP contribution in [0.5, 0.6) is 0 Å². The van der Waals surface area contributed by atoms with Crippen molar-refractivity contribution < 1.29 is 5.11 Å². The quantitative estimate of drug-likeness (QED) is 0.803. The first-order chi connectivity index (χ1) is 9.83. The van der Waals surface area contributed by atoms with Gasteiger partial charge in [0.2, 0.25) is 0 Å². The molecular formula is C17H28N2O. The zero-order valence-corrected chi connectivity index (χ0v) is 12.6. The molecule has 1 saturated heterocycles. The van der Waals surface area contributed by atoms with E-state index in [0.717, 1.165) is 32.5 Å². The van der Waals surface area contributed by atoms with Gasteiger partial charge >= 0.3 is 0 Å². The molecule has 0 aromatic heterocycles. The fourth-order valence-corrected chi connectivity index (χ4v) is 2.95. The highest BCUT2D eigenvalue weighted by atomic mass is 16.3. The van der Waals surface area contributed by atoms with Crippen LogP contribution in [0.4, 0.5) is 5.69 Å². The van der Waals surface area contributed by atoms with Crippen molar-refractivity contribution in [2.75, 3.05) is 31.1 Å². The summed E-state index contributed by atoms with van der Waals surface area (Å²) in [5, 5.41) is 12.7. The van der Waals surface area contributed by atoms with Gasteiger partial charge in [0.1, 0.15) is 0 Å². The lowest BCUT2D eigenvalue weighted by atomic mass is 10.00. The average molecular weight is 276 g/mol. The maximum atomic E-state index is 9.03. The lowest BCUT2D eigenvalue weighted by molar-refractivity contribution is 0.246. The van der Waals surface area contributed by atoms with E-state index in [1.54, 1.807) is 0 Å². The molecule has 112 valence electrons. The summed E-state index contributed by atoms with van der Waals surface area (Å²) in [4.78, 5) is 2.48. The van der Waals surface area contributed by atoms with Crippen LogP contribution in [-0.2, 0) is 0 Å². The van der Waals surface area contributed by atoms with Gasteiger partial charge in [-0.15, -0.1) is 0 Å². The normalized spacial score (nSPS) is 18.2. The topological polar surface area (TPSA) is 35.5 Å². The van der Waals surface area contributed by atoms with E-state index in [9.17, 15) is 0 Å². The number of aliphatic hydroxyl groups excluding tert-OH is 1. The number of nitrogens with one attached hydrogen (secondary N) is 1. The first kappa shape index (κ1) is 15.3. The van der Waals surface area contributed by atoms with Crippen LogP contribution in [0.2, 0.25) is 0 Å². The van der Waals surface area contributed by atoms with Gasteiger partial charge in [0.05, 0.1) is 0 Å². The molecule has 0 radical (unpaired) electrons. The summed E-state index contributed by atoms with van der Waals surface area (Å²) in [6, 6.07) is 11.3. The minimum atomic E-state index is 0.312. The molecule has 0 saturated carbocycles. The highest BCUT2D eigenvalue weighted by Gasteiger charge is 2.19. The predicted molar refractivity (Wildman–Crippen MR) is 85.2 cm³/mol. The Morgan fingerprint density at radius 2 is 1.95 bits per heavy atom. The summed E-state index contributed by atoms with van der Waals surface area (Å²) in [5.74, 6) is 0.618. The van der Waals surface area contributed by atoms with Crippen molar-refractivity contribution in [1.82, 2.24) is 5.32 Å². The van der Waals surface area contributed by atoms with Crippen molar-refractivity contribution in [3.8, 4) is 0 Å². The van der Waals surface area contributed by atoms with E-state index in [-0.39, 0.29) is 0 Å². The number of piperidine rings is 1. The third-order valence-corrected chi connectivity index (χ3v) is 4.43. The van der Waals surface area contributed by atoms with Crippen LogP contribution >= 0.6 is 0 Å². The van der Waals surface area contributed by atoms with Crippen molar-refractivity contribution in [3.63, 3.8) is 0 Å². The summed E-state index contributed by atoms with van der Waals surface area (Å²) in [5.41, 5.74) is 1.35. The van der Waals surface area contributed by atoms with Crippen molar-refractivity contribution in [2.45, 2.75) is 38.6 Å². The van der Waals surface area contributed by atoms with Crippen LogP contribution in [0.15, 0.2) is 30.3 Å². The Kier molecular flexibility index (Phi) is 6.34. The van der Waals surface area contributed by atoms with Gasteiger partial charge in [-0.25, -0.2) is 0 Å². The first-order valence-corrected chi connectivity index (χ1v) is 7.97. The van der Waals surface area contributed by atoms with Crippen molar-refractivity contribution in [1.29, 1.82) is 0 Å². The zero-order valence-electron chi connectivity index (χ0n) is 12.6. The Hall–Kier alpha value is -1.06. The van der Waals surface area contributed by atoms with Crippen LogP contribution in [0.25, 0.3) is 0 Å². The number of para-hydroxylation sites is 1. The number of hydrogen-bond acceptors (Lipinski definition) is 3. The standard InChI is InChI=1S/C17H28N2O/c1-2-15(10-13-20)14-18-16-8-11-19(12-9-16)17-6-4-3-5-7-17/h3-7,15-16,18,20H,2,8-14H2,1H3. The van der Waals surface area contributed by atoms with Gasteiger partial charge in [-0.1, -0.05) is 31.5 Å². The molecule has 1 aliphatic heterocycles. The van der Waals surface area contributed by atoms with Gasteiger partial charge in [-0.2, -0.15) is 0 Å². The Bertz CT molecular complexity index is 361. The number of benzene rings is 1. The van der Waals surface area contributed by atoms with Crippen molar-refractivity contribution in [3.05, 3.63) is 30.3 Å². The van der Waals surface area contributed by atoms with Crippen LogP contribution in [0.1, 0.15) is 32.6 Å². The van der Waals surface area contributed by atoms with Gasteiger partial charge in [0.25, 0.3) is 0 Å². The highest BCUT2D eigenvalue weighted by molar-refractivity contribution is 5.46. The predicted octanol–water partition coefficient (Wildman–Crippen LogP) is 2.65. The second kappa shape index (κ2) is 8.28. The van der Waals surface area contributed by atoms with E-state index < -0.39 is 0 Å². The summed E-state index contributed by atoms with van der Waals surface area (Å²) in [6.07, 6.45) is 4.50. The summed E-state index contributed by atoms with van der Waals surface area (Å²) in [7, 11) is 0. The molecule has 2 N–H and O–H groups in total. The van der Waals surface area contributed by atoms with E-state index in [1.165, 1.54) is 18.5 Å². The molecule has 0 bridgehead atoms. The minimum Gasteiger partial charge on any atom is -0.396 e. The zero-order chi connectivity index (χ0) is 14.2. The number of nitrogens with zero attached hydrogens (tertiary/aromatic N) is 1. The number of anilines is 1. The number of aliphatic hydroxyl groups is 1. The Labute approximate surface area is 123 Å². The Morgan fingerprint density at radius 3 is 2.55 bits per heavy atom. The third kappa shape index (κ3) is 4.50. The molecule has 1 heterocycles. The second-order valence-corrected chi connectivity index (χ2v) is 5.79. The molecule has 1 aromatic carbocycles. The van der Waals surface area contributed by atoms with Crippen LogP contribution < -0.4 is 10.2 Å². The van der Waals surface area contributed by atoms with Gasteiger partial charge in [-0.05, 0) is 43.9 Å². The lowest BCUT2D eigenvalue weighted by Crippen LogP contribution is -2.44. The molecule has 0 amide bonds. The van der Waals surface area contributed by atoms with Crippen LogP contribution in [0.3, 0.4) is 0 Å². The highest BCUT2D eigenvalue weighted by Crippen LogP contribution is 2.19. The molecule has 3 nitrogen and oxygen atoms in total. The Morgan fingerprint density at radius 1 is 1.25 bits per heavy atom. The smallest absolute Gasteiger partial charge is 0.0434 e. The summed E-state index contributed by atoms with van der Waals surface area (Å²) in [6.45, 7) is 5.84. The fraction of sp³-hybridized carbons (Fsp3) is 0.647. The summed E-state index contributed by atoms with van der Waals surface area (Å²) < 4.78 is 0.